The van der Waals surface area contributed by atoms with Crippen molar-refractivity contribution in [1.82, 2.24) is 10.6 Å². The Morgan fingerprint density at radius 1 is 1.35 bits per heavy atom. The van der Waals surface area contributed by atoms with Crippen molar-refractivity contribution in [2.24, 2.45) is 0 Å². The zero-order chi connectivity index (χ0) is 12.5. The Bertz CT molecular complexity index is 251. The molecule has 1 saturated heterocycles. The molecule has 1 fully saturated rings. The summed E-state index contributed by atoms with van der Waals surface area (Å²) in [5.74, 6) is 1.63. The zero-order valence-corrected chi connectivity index (χ0v) is 11.2. The van der Waals surface area contributed by atoms with Crippen LogP contribution in [0.2, 0.25) is 0 Å². The highest BCUT2D eigenvalue weighted by atomic mass is 32.2. The normalized spacial score (nSPS) is 24.5. The molecular formula is C11H22N2O3S. The second-order valence-corrected chi connectivity index (χ2v) is 5.87. The Balaban J connectivity index is 1.99. The van der Waals surface area contributed by atoms with Crippen LogP contribution in [0.4, 0.5) is 0 Å². The molecule has 1 aliphatic heterocycles. The van der Waals surface area contributed by atoms with Crippen molar-refractivity contribution in [2.75, 3.05) is 38.3 Å². The lowest BCUT2D eigenvalue weighted by Crippen LogP contribution is -2.38. The minimum absolute atomic E-state index is 0.0499. The van der Waals surface area contributed by atoms with Crippen molar-refractivity contribution in [1.29, 1.82) is 0 Å². The van der Waals surface area contributed by atoms with Gasteiger partial charge in [0.05, 0.1) is 6.61 Å². The van der Waals surface area contributed by atoms with Gasteiger partial charge in [0.1, 0.15) is 0 Å². The maximum Gasteiger partial charge on any atom is 0.221 e. The van der Waals surface area contributed by atoms with Gasteiger partial charge < -0.3 is 15.4 Å². The van der Waals surface area contributed by atoms with Crippen LogP contribution in [0.15, 0.2) is 0 Å². The topological polar surface area (TPSA) is 67.4 Å². The summed E-state index contributed by atoms with van der Waals surface area (Å²) in [6, 6.07) is 0.430. The van der Waals surface area contributed by atoms with E-state index in [1.54, 1.807) is 7.11 Å². The smallest absolute Gasteiger partial charge is 0.221 e. The van der Waals surface area contributed by atoms with E-state index in [4.69, 9.17) is 4.74 Å². The van der Waals surface area contributed by atoms with Gasteiger partial charge in [0, 0.05) is 55.0 Å². The lowest BCUT2D eigenvalue weighted by Gasteiger charge is -2.22. The average Bonchev–Trinajstić information content (AvgIpc) is 2.32. The first-order valence-electron chi connectivity index (χ1n) is 6.06. The molecule has 6 heteroatoms. The fourth-order valence-corrected chi connectivity index (χ4v) is 3.07. The molecule has 1 amide bonds. The molecule has 0 spiro atoms. The number of ether oxygens (including phenoxy) is 1. The molecule has 5 nitrogen and oxygen atoms in total. The fourth-order valence-electron chi connectivity index (χ4n) is 1.77. The summed E-state index contributed by atoms with van der Waals surface area (Å²) >= 11 is 0. The minimum Gasteiger partial charge on any atom is -0.383 e. The molecule has 100 valence electrons. The van der Waals surface area contributed by atoms with Crippen LogP contribution < -0.4 is 10.6 Å². The Morgan fingerprint density at radius 3 is 2.71 bits per heavy atom. The van der Waals surface area contributed by atoms with E-state index in [1.165, 1.54) is 0 Å². The molecule has 0 radical (unpaired) electrons. The molecule has 0 aromatic carbocycles. The van der Waals surface area contributed by atoms with Crippen LogP contribution in [0, 0.1) is 0 Å². The van der Waals surface area contributed by atoms with E-state index in [0.29, 0.717) is 32.2 Å². The molecular weight excluding hydrogens is 240 g/mol. The van der Waals surface area contributed by atoms with Gasteiger partial charge in [-0.15, -0.1) is 0 Å². The molecule has 0 aromatic rings. The van der Waals surface area contributed by atoms with Crippen LogP contribution in [0.25, 0.3) is 0 Å². The molecule has 0 atom stereocenters. The molecule has 2 N–H and O–H groups in total. The second kappa shape index (κ2) is 8.60. The monoisotopic (exact) mass is 262 g/mol. The third kappa shape index (κ3) is 6.75. The summed E-state index contributed by atoms with van der Waals surface area (Å²) in [6.07, 6.45) is 2.40. The van der Waals surface area contributed by atoms with E-state index in [0.717, 1.165) is 24.3 Å². The highest BCUT2D eigenvalue weighted by Gasteiger charge is 2.16. The number of carbonyl (C=O) groups excluding carboxylic acids is 1. The predicted molar refractivity (Wildman–Crippen MR) is 68.4 cm³/mol. The molecule has 17 heavy (non-hydrogen) atoms. The largest absolute Gasteiger partial charge is 0.383 e. The summed E-state index contributed by atoms with van der Waals surface area (Å²) in [6.45, 7) is 1.81. The SMILES string of the molecule is COCCNC(=O)CCNC1CCS(=O)CC1. The lowest BCUT2D eigenvalue weighted by atomic mass is 10.1. The van der Waals surface area contributed by atoms with Crippen LogP contribution >= 0.6 is 0 Å². The number of rotatable bonds is 7. The first-order chi connectivity index (χ1) is 8.22. The summed E-state index contributed by atoms with van der Waals surface area (Å²) in [5, 5.41) is 6.11. The number of amides is 1. The Hall–Kier alpha value is -0.460. The first-order valence-corrected chi connectivity index (χ1v) is 7.55. The van der Waals surface area contributed by atoms with Crippen molar-refractivity contribution >= 4 is 16.7 Å². The van der Waals surface area contributed by atoms with Gasteiger partial charge in [-0.1, -0.05) is 0 Å². The van der Waals surface area contributed by atoms with E-state index < -0.39 is 10.8 Å². The first kappa shape index (κ1) is 14.6. The number of methoxy groups -OCH3 is 1. The van der Waals surface area contributed by atoms with Gasteiger partial charge in [-0.05, 0) is 12.8 Å². The van der Waals surface area contributed by atoms with E-state index in [1.807, 2.05) is 0 Å². The summed E-state index contributed by atoms with van der Waals surface area (Å²) in [5.41, 5.74) is 0. The molecule has 1 aliphatic rings. The van der Waals surface area contributed by atoms with E-state index >= 15 is 0 Å². The Labute approximate surface area is 105 Å². The summed E-state index contributed by atoms with van der Waals surface area (Å²) in [4.78, 5) is 11.4. The fraction of sp³-hybridized carbons (Fsp3) is 0.909. The maximum atomic E-state index is 11.4. The van der Waals surface area contributed by atoms with Crippen molar-refractivity contribution in [3.8, 4) is 0 Å². The van der Waals surface area contributed by atoms with Crippen LogP contribution in [-0.2, 0) is 20.3 Å². The van der Waals surface area contributed by atoms with Gasteiger partial charge in [-0.3, -0.25) is 9.00 Å². The van der Waals surface area contributed by atoms with Crippen LogP contribution in [0.5, 0.6) is 0 Å². The number of carbonyl (C=O) groups is 1. The standard InChI is InChI=1S/C11H22N2O3S/c1-16-7-6-13-11(14)2-5-12-10-3-8-17(15)9-4-10/h10,12H,2-9H2,1H3,(H,13,14). The molecule has 0 unspecified atom stereocenters. The highest BCUT2D eigenvalue weighted by molar-refractivity contribution is 7.85. The lowest BCUT2D eigenvalue weighted by molar-refractivity contribution is -0.121. The number of nitrogens with one attached hydrogen (secondary N) is 2. The minimum atomic E-state index is -0.614. The zero-order valence-electron chi connectivity index (χ0n) is 10.4. The van der Waals surface area contributed by atoms with Crippen LogP contribution in [0.3, 0.4) is 0 Å². The third-order valence-corrected chi connectivity index (χ3v) is 4.18. The van der Waals surface area contributed by atoms with E-state index in [-0.39, 0.29) is 5.91 Å². The van der Waals surface area contributed by atoms with Gasteiger partial charge in [-0.2, -0.15) is 0 Å². The molecule has 0 aliphatic carbocycles. The molecule has 1 rings (SSSR count). The molecule has 0 bridgehead atoms. The van der Waals surface area contributed by atoms with Gasteiger partial charge >= 0.3 is 0 Å². The number of hydrogen-bond donors (Lipinski definition) is 2. The number of hydrogen-bond acceptors (Lipinski definition) is 4. The molecule has 0 aromatic heterocycles. The second-order valence-electron chi connectivity index (χ2n) is 4.17. The summed E-state index contributed by atoms with van der Waals surface area (Å²) < 4.78 is 16.0. The van der Waals surface area contributed by atoms with E-state index in [2.05, 4.69) is 10.6 Å². The predicted octanol–water partition coefficient (Wildman–Crippen LogP) is -0.360. The quantitative estimate of drug-likeness (QED) is 0.615. The van der Waals surface area contributed by atoms with Crippen molar-refractivity contribution in [2.45, 2.75) is 25.3 Å². The van der Waals surface area contributed by atoms with Crippen molar-refractivity contribution < 1.29 is 13.7 Å². The molecule has 1 heterocycles. The summed E-state index contributed by atoms with van der Waals surface area (Å²) in [7, 11) is 0.998. The Morgan fingerprint density at radius 2 is 2.06 bits per heavy atom. The van der Waals surface area contributed by atoms with Gasteiger partial charge in [-0.25, -0.2) is 0 Å². The van der Waals surface area contributed by atoms with Crippen molar-refractivity contribution in [3.05, 3.63) is 0 Å². The van der Waals surface area contributed by atoms with Gasteiger partial charge in [0.25, 0.3) is 0 Å². The van der Waals surface area contributed by atoms with Crippen LogP contribution in [0.1, 0.15) is 19.3 Å². The molecule has 0 saturated carbocycles. The van der Waals surface area contributed by atoms with E-state index in [9.17, 15) is 9.00 Å². The van der Waals surface area contributed by atoms with Gasteiger partial charge in [0.15, 0.2) is 0 Å². The van der Waals surface area contributed by atoms with Crippen LogP contribution in [-0.4, -0.2) is 54.5 Å². The Kier molecular flexibility index (Phi) is 7.39. The van der Waals surface area contributed by atoms with Crippen molar-refractivity contribution in [3.63, 3.8) is 0 Å². The van der Waals surface area contributed by atoms with Gasteiger partial charge in [0.2, 0.25) is 5.91 Å². The average molecular weight is 262 g/mol. The third-order valence-electron chi connectivity index (χ3n) is 2.80. The maximum absolute atomic E-state index is 11.4. The highest BCUT2D eigenvalue weighted by Crippen LogP contribution is 2.08.